The second-order valence-corrected chi connectivity index (χ2v) is 5.23. The first-order chi connectivity index (χ1) is 9.40. The van der Waals surface area contributed by atoms with E-state index in [1.165, 1.54) is 16.3 Å². The van der Waals surface area contributed by atoms with Crippen molar-refractivity contribution in [3.63, 3.8) is 0 Å². The first kappa shape index (κ1) is 12.6. The molecule has 3 rings (SSSR count). The number of fused-ring (bicyclic) bond motifs is 1. The van der Waals surface area contributed by atoms with Crippen LogP contribution in [0.2, 0.25) is 0 Å². The molecule has 2 atom stereocenters. The van der Waals surface area contributed by atoms with Crippen molar-refractivity contribution in [1.29, 1.82) is 0 Å². The van der Waals surface area contributed by atoms with Gasteiger partial charge >= 0.3 is 0 Å². The van der Waals surface area contributed by atoms with Crippen LogP contribution in [0.1, 0.15) is 24.9 Å². The maximum Gasteiger partial charge on any atom is 0.0513 e. The summed E-state index contributed by atoms with van der Waals surface area (Å²) >= 11 is 0. The summed E-state index contributed by atoms with van der Waals surface area (Å²) in [6, 6.07) is 15.7. The quantitative estimate of drug-likeness (QED) is 0.902. The van der Waals surface area contributed by atoms with Crippen molar-refractivity contribution < 1.29 is 4.74 Å². The van der Waals surface area contributed by atoms with E-state index in [1.54, 1.807) is 0 Å². The summed E-state index contributed by atoms with van der Waals surface area (Å²) in [7, 11) is 0. The van der Waals surface area contributed by atoms with Gasteiger partial charge in [0.25, 0.3) is 0 Å². The van der Waals surface area contributed by atoms with Crippen molar-refractivity contribution in [3.05, 3.63) is 48.0 Å². The van der Waals surface area contributed by atoms with Crippen LogP contribution in [0, 0.1) is 5.92 Å². The van der Waals surface area contributed by atoms with Gasteiger partial charge in [-0.05, 0) is 29.3 Å². The van der Waals surface area contributed by atoms with E-state index in [2.05, 4.69) is 54.7 Å². The van der Waals surface area contributed by atoms with Gasteiger partial charge < -0.3 is 10.1 Å². The van der Waals surface area contributed by atoms with Gasteiger partial charge in [0.1, 0.15) is 0 Å². The minimum absolute atomic E-state index is 0.401. The zero-order valence-corrected chi connectivity index (χ0v) is 11.4. The third kappa shape index (κ3) is 2.51. The number of hydrogen-bond donors (Lipinski definition) is 1. The Labute approximate surface area is 114 Å². The zero-order chi connectivity index (χ0) is 13.1. The molecule has 2 heteroatoms. The van der Waals surface area contributed by atoms with Crippen LogP contribution in [0.5, 0.6) is 0 Å². The van der Waals surface area contributed by atoms with Crippen LogP contribution >= 0.6 is 0 Å². The molecular formula is C17H21NO. The summed E-state index contributed by atoms with van der Waals surface area (Å²) in [5.74, 6) is 0.589. The van der Waals surface area contributed by atoms with E-state index in [0.717, 1.165) is 26.2 Å². The van der Waals surface area contributed by atoms with E-state index in [9.17, 15) is 0 Å². The number of rotatable bonds is 4. The Balaban J connectivity index is 2.03. The highest BCUT2D eigenvalue weighted by atomic mass is 16.5. The molecule has 1 heterocycles. The first-order valence-electron chi connectivity index (χ1n) is 7.19. The summed E-state index contributed by atoms with van der Waals surface area (Å²) in [5, 5.41) is 6.34. The standard InChI is InChI=1S/C17H21NO/c1-2-18-17(14-10-11-19-12-14)16-9-5-7-13-6-3-4-8-15(13)16/h3-9,14,17-18H,2,10-12H2,1H3. The molecule has 2 aromatic carbocycles. The number of ether oxygens (including phenoxy) is 1. The average Bonchev–Trinajstić information content (AvgIpc) is 2.98. The Kier molecular flexibility index (Phi) is 3.81. The molecule has 1 fully saturated rings. The molecule has 0 bridgehead atoms. The number of hydrogen-bond acceptors (Lipinski definition) is 2. The SMILES string of the molecule is CCNC(c1cccc2ccccc12)C1CCOC1. The molecule has 0 aliphatic carbocycles. The number of benzene rings is 2. The summed E-state index contributed by atoms with van der Waals surface area (Å²) in [6.07, 6.45) is 1.15. The highest BCUT2D eigenvalue weighted by Crippen LogP contribution is 2.33. The van der Waals surface area contributed by atoms with Crippen LogP contribution in [0.4, 0.5) is 0 Å². The molecule has 1 aliphatic heterocycles. The second-order valence-electron chi connectivity index (χ2n) is 5.23. The Hall–Kier alpha value is -1.38. The lowest BCUT2D eigenvalue weighted by Gasteiger charge is -2.25. The monoisotopic (exact) mass is 255 g/mol. The number of nitrogens with one attached hydrogen (secondary N) is 1. The van der Waals surface area contributed by atoms with Gasteiger partial charge in [-0.25, -0.2) is 0 Å². The molecule has 1 saturated heterocycles. The minimum Gasteiger partial charge on any atom is -0.381 e. The Morgan fingerprint density at radius 2 is 2.05 bits per heavy atom. The lowest BCUT2D eigenvalue weighted by molar-refractivity contribution is 0.177. The molecule has 2 nitrogen and oxygen atoms in total. The molecule has 0 saturated carbocycles. The molecule has 2 unspecified atom stereocenters. The maximum atomic E-state index is 5.58. The van der Waals surface area contributed by atoms with E-state index in [0.29, 0.717) is 12.0 Å². The Morgan fingerprint density at radius 1 is 1.21 bits per heavy atom. The lowest BCUT2D eigenvalue weighted by atomic mass is 9.89. The molecule has 19 heavy (non-hydrogen) atoms. The van der Waals surface area contributed by atoms with Crippen molar-refractivity contribution in [2.75, 3.05) is 19.8 Å². The van der Waals surface area contributed by atoms with Crippen LogP contribution < -0.4 is 5.32 Å². The van der Waals surface area contributed by atoms with E-state index < -0.39 is 0 Å². The summed E-state index contributed by atoms with van der Waals surface area (Å²) < 4.78 is 5.58. The molecule has 0 radical (unpaired) electrons. The van der Waals surface area contributed by atoms with Crippen molar-refractivity contribution in [3.8, 4) is 0 Å². The predicted molar refractivity (Wildman–Crippen MR) is 79.3 cm³/mol. The molecule has 0 aromatic heterocycles. The Morgan fingerprint density at radius 3 is 2.84 bits per heavy atom. The van der Waals surface area contributed by atoms with Crippen molar-refractivity contribution in [2.24, 2.45) is 5.92 Å². The summed E-state index contributed by atoms with van der Waals surface area (Å²) in [5.41, 5.74) is 1.41. The molecule has 1 aliphatic rings. The second kappa shape index (κ2) is 5.72. The largest absolute Gasteiger partial charge is 0.381 e. The fourth-order valence-electron chi connectivity index (χ4n) is 3.09. The third-order valence-corrected chi connectivity index (χ3v) is 4.02. The summed E-state index contributed by atoms with van der Waals surface area (Å²) in [6.45, 7) is 4.94. The topological polar surface area (TPSA) is 21.3 Å². The third-order valence-electron chi connectivity index (χ3n) is 4.02. The first-order valence-corrected chi connectivity index (χ1v) is 7.19. The van der Waals surface area contributed by atoms with Gasteiger partial charge in [-0.3, -0.25) is 0 Å². The van der Waals surface area contributed by atoms with E-state index >= 15 is 0 Å². The highest BCUT2D eigenvalue weighted by molar-refractivity contribution is 5.86. The van der Waals surface area contributed by atoms with Crippen LogP contribution in [-0.2, 0) is 4.74 Å². The average molecular weight is 255 g/mol. The molecule has 2 aromatic rings. The highest BCUT2D eigenvalue weighted by Gasteiger charge is 2.27. The van der Waals surface area contributed by atoms with Crippen LogP contribution in [0.25, 0.3) is 10.8 Å². The van der Waals surface area contributed by atoms with E-state index in [4.69, 9.17) is 4.74 Å². The molecule has 0 spiro atoms. The van der Waals surface area contributed by atoms with E-state index in [-0.39, 0.29) is 0 Å². The van der Waals surface area contributed by atoms with Crippen LogP contribution in [0.15, 0.2) is 42.5 Å². The fraction of sp³-hybridized carbons (Fsp3) is 0.412. The molecule has 100 valence electrons. The van der Waals surface area contributed by atoms with Gasteiger partial charge in [0, 0.05) is 18.6 Å². The van der Waals surface area contributed by atoms with Gasteiger partial charge in [-0.2, -0.15) is 0 Å². The molecule has 0 amide bonds. The lowest BCUT2D eigenvalue weighted by Crippen LogP contribution is -2.28. The maximum absolute atomic E-state index is 5.58. The van der Waals surface area contributed by atoms with Gasteiger partial charge in [-0.1, -0.05) is 49.4 Å². The van der Waals surface area contributed by atoms with E-state index in [1.807, 2.05) is 0 Å². The normalized spacial score (nSPS) is 20.8. The van der Waals surface area contributed by atoms with Gasteiger partial charge in [0.15, 0.2) is 0 Å². The van der Waals surface area contributed by atoms with Crippen molar-refractivity contribution in [1.82, 2.24) is 5.32 Å². The van der Waals surface area contributed by atoms with Crippen LogP contribution in [-0.4, -0.2) is 19.8 Å². The smallest absolute Gasteiger partial charge is 0.0513 e. The molecule has 1 N–H and O–H groups in total. The minimum atomic E-state index is 0.401. The van der Waals surface area contributed by atoms with Gasteiger partial charge in [0.2, 0.25) is 0 Å². The van der Waals surface area contributed by atoms with Crippen molar-refractivity contribution in [2.45, 2.75) is 19.4 Å². The Bertz CT molecular complexity index is 540. The van der Waals surface area contributed by atoms with Gasteiger partial charge in [0.05, 0.1) is 6.61 Å². The fourth-order valence-corrected chi connectivity index (χ4v) is 3.09. The molecular weight excluding hydrogens is 234 g/mol. The summed E-state index contributed by atoms with van der Waals surface area (Å²) in [4.78, 5) is 0. The van der Waals surface area contributed by atoms with Crippen molar-refractivity contribution >= 4 is 10.8 Å². The zero-order valence-electron chi connectivity index (χ0n) is 11.4. The predicted octanol–water partition coefficient (Wildman–Crippen LogP) is 3.53. The van der Waals surface area contributed by atoms with Gasteiger partial charge in [-0.15, -0.1) is 0 Å². The van der Waals surface area contributed by atoms with Crippen LogP contribution in [0.3, 0.4) is 0 Å².